The van der Waals surface area contributed by atoms with Crippen molar-refractivity contribution in [3.8, 4) is 0 Å². The lowest BCUT2D eigenvalue weighted by Crippen LogP contribution is -2.27. The highest BCUT2D eigenvalue weighted by Gasteiger charge is 2.19. The van der Waals surface area contributed by atoms with Gasteiger partial charge >= 0.3 is 12.1 Å². The molecule has 22 heavy (non-hydrogen) atoms. The fourth-order valence-electron chi connectivity index (χ4n) is 2.31. The summed E-state index contributed by atoms with van der Waals surface area (Å²) in [5.41, 5.74) is 1.82. The fourth-order valence-corrected chi connectivity index (χ4v) is 2.31. The molecular formula is C16H20N2O4. The summed E-state index contributed by atoms with van der Waals surface area (Å²) in [6, 6.07) is 5.13. The number of carboxylic acids is 1. The van der Waals surface area contributed by atoms with Crippen LogP contribution in [0.1, 0.15) is 36.8 Å². The number of aromatic nitrogens is 1. The van der Waals surface area contributed by atoms with Gasteiger partial charge in [0.05, 0.1) is 0 Å². The second-order valence-electron chi connectivity index (χ2n) is 6.19. The van der Waals surface area contributed by atoms with Gasteiger partial charge in [-0.25, -0.2) is 9.59 Å². The zero-order valence-electron chi connectivity index (χ0n) is 13.4. The van der Waals surface area contributed by atoms with Gasteiger partial charge in [-0.05, 0) is 51.5 Å². The molecule has 0 atom stereocenters. The minimum atomic E-state index is -0.986. The zero-order chi connectivity index (χ0) is 16.7. The summed E-state index contributed by atoms with van der Waals surface area (Å²) in [6.45, 7) is 7.21. The number of nitrogens with zero attached hydrogens (tertiary/aromatic N) is 1. The number of fused-ring (bicyclic) bond motifs is 1. The topological polar surface area (TPSA) is 80.6 Å². The highest BCUT2D eigenvalue weighted by atomic mass is 16.6. The van der Waals surface area contributed by atoms with Crippen LogP contribution < -0.4 is 5.32 Å². The number of hydrogen-bond donors (Lipinski definition) is 2. The molecule has 0 spiro atoms. The highest BCUT2D eigenvalue weighted by Crippen LogP contribution is 2.28. The summed E-state index contributed by atoms with van der Waals surface area (Å²) in [7, 11) is 1.70. The van der Waals surface area contributed by atoms with Crippen molar-refractivity contribution in [2.45, 2.75) is 33.3 Å². The molecule has 0 aliphatic carbocycles. The Morgan fingerprint density at radius 3 is 2.45 bits per heavy atom. The summed E-state index contributed by atoms with van der Waals surface area (Å²) in [5, 5.41) is 12.7. The number of aromatic carboxylic acids is 1. The molecule has 6 nitrogen and oxygen atoms in total. The van der Waals surface area contributed by atoms with Gasteiger partial charge in [0, 0.05) is 23.6 Å². The molecule has 2 aromatic rings. The van der Waals surface area contributed by atoms with Crippen molar-refractivity contribution in [1.82, 2.24) is 4.57 Å². The Labute approximate surface area is 128 Å². The second-order valence-corrected chi connectivity index (χ2v) is 6.19. The highest BCUT2D eigenvalue weighted by molar-refractivity contribution is 5.99. The summed E-state index contributed by atoms with van der Waals surface area (Å²) < 4.78 is 6.84. The molecule has 118 valence electrons. The number of carbonyl (C=O) groups excluding carboxylic acids is 1. The summed E-state index contributed by atoms with van der Waals surface area (Å²) in [5.74, 6) is -0.986. The van der Waals surface area contributed by atoms with Crippen molar-refractivity contribution in [2.24, 2.45) is 7.05 Å². The summed E-state index contributed by atoms with van der Waals surface area (Å²) in [4.78, 5) is 23.1. The average Bonchev–Trinajstić information content (AvgIpc) is 2.69. The normalized spacial score (nSPS) is 11.5. The van der Waals surface area contributed by atoms with Crippen molar-refractivity contribution in [3.05, 3.63) is 29.5 Å². The summed E-state index contributed by atoms with van der Waals surface area (Å²) >= 11 is 0. The molecule has 0 bridgehead atoms. The molecule has 6 heteroatoms. The number of amides is 1. The molecule has 0 unspecified atom stereocenters. The molecule has 0 radical (unpaired) electrons. The smallest absolute Gasteiger partial charge is 0.412 e. The van der Waals surface area contributed by atoms with E-state index in [1.165, 1.54) is 0 Å². The molecule has 0 fully saturated rings. The minimum absolute atomic E-state index is 0.201. The molecule has 2 N–H and O–H groups in total. The molecule has 2 rings (SSSR count). The average molecular weight is 304 g/mol. The minimum Gasteiger partial charge on any atom is -0.477 e. The first kappa shape index (κ1) is 15.9. The molecule has 0 saturated carbocycles. The van der Waals surface area contributed by atoms with Crippen LogP contribution >= 0.6 is 0 Å². The second kappa shape index (κ2) is 5.36. The van der Waals surface area contributed by atoms with E-state index in [1.807, 2.05) is 6.92 Å². The van der Waals surface area contributed by atoms with Crippen LogP contribution in [0, 0.1) is 6.92 Å². The lowest BCUT2D eigenvalue weighted by atomic mass is 10.1. The number of anilines is 1. The van der Waals surface area contributed by atoms with Crippen LogP contribution in [0.4, 0.5) is 10.5 Å². The first-order chi connectivity index (χ1) is 10.1. The van der Waals surface area contributed by atoms with Gasteiger partial charge in [-0.3, -0.25) is 5.32 Å². The largest absolute Gasteiger partial charge is 0.477 e. The quantitative estimate of drug-likeness (QED) is 0.889. The van der Waals surface area contributed by atoms with Gasteiger partial charge in [-0.1, -0.05) is 0 Å². The van der Waals surface area contributed by atoms with Crippen molar-refractivity contribution >= 4 is 28.7 Å². The molecule has 0 aliphatic heterocycles. The van der Waals surface area contributed by atoms with E-state index in [1.54, 1.807) is 50.6 Å². The molecular weight excluding hydrogens is 284 g/mol. The standard InChI is InChI=1S/C16H20N2O4/c1-9-10-8-13(14(19)20)18(5)12(10)7-6-11(9)17-15(21)22-16(2,3)4/h6-8H,1-5H3,(H,17,21)(H,19,20). The third-order valence-electron chi connectivity index (χ3n) is 3.35. The maximum Gasteiger partial charge on any atom is 0.412 e. The molecule has 0 aliphatic rings. The molecule has 1 amide bonds. The molecule has 1 aromatic carbocycles. The molecule has 0 saturated heterocycles. The van der Waals surface area contributed by atoms with Crippen LogP contribution in [-0.4, -0.2) is 27.3 Å². The lowest BCUT2D eigenvalue weighted by Gasteiger charge is -2.20. The predicted octanol–water partition coefficient (Wildman–Crippen LogP) is 3.53. The van der Waals surface area contributed by atoms with Gasteiger partial charge in [0.2, 0.25) is 0 Å². The fraction of sp³-hybridized carbons (Fsp3) is 0.375. The Hall–Kier alpha value is -2.50. The zero-order valence-corrected chi connectivity index (χ0v) is 13.4. The number of nitrogens with one attached hydrogen (secondary N) is 1. The van der Waals surface area contributed by atoms with E-state index >= 15 is 0 Å². The Morgan fingerprint density at radius 1 is 1.27 bits per heavy atom. The van der Waals surface area contributed by atoms with E-state index in [4.69, 9.17) is 4.74 Å². The van der Waals surface area contributed by atoms with Crippen LogP contribution in [0.15, 0.2) is 18.2 Å². The first-order valence-corrected chi connectivity index (χ1v) is 6.92. The predicted molar refractivity (Wildman–Crippen MR) is 84.5 cm³/mol. The van der Waals surface area contributed by atoms with Crippen LogP contribution in [0.25, 0.3) is 10.9 Å². The Morgan fingerprint density at radius 2 is 1.91 bits per heavy atom. The van der Waals surface area contributed by atoms with E-state index in [9.17, 15) is 14.7 Å². The summed E-state index contributed by atoms with van der Waals surface area (Å²) in [6.07, 6.45) is -0.538. The van der Waals surface area contributed by atoms with Gasteiger partial charge in [0.25, 0.3) is 0 Å². The van der Waals surface area contributed by atoms with E-state index in [-0.39, 0.29) is 5.69 Å². The number of hydrogen-bond acceptors (Lipinski definition) is 3. The van der Waals surface area contributed by atoms with Crippen LogP contribution in [0.2, 0.25) is 0 Å². The van der Waals surface area contributed by atoms with Crippen molar-refractivity contribution in [3.63, 3.8) is 0 Å². The van der Waals surface area contributed by atoms with Crippen molar-refractivity contribution in [2.75, 3.05) is 5.32 Å². The monoisotopic (exact) mass is 304 g/mol. The van der Waals surface area contributed by atoms with E-state index in [2.05, 4.69) is 5.32 Å². The number of aryl methyl sites for hydroxylation is 2. The number of rotatable bonds is 2. The van der Waals surface area contributed by atoms with Crippen molar-refractivity contribution < 1.29 is 19.4 Å². The van der Waals surface area contributed by atoms with Gasteiger partial charge in [-0.2, -0.15) is 0 Å². The maximum atomic E-state index is 11.9. The molecule has 1 heterocycles. The van der Waals surface area contributed by atoms with Gasteiger partial charge in [0.1, 0.15) is 11.3 Å². The molecule has 1 aromatic heterocycles. The third-order valence-corrected chi connectivity index (χ3v) is 3.35. The van der Waals surface area contributed by atoms with E-state index in [0.29, 0.717) is 5.69 Å². The number of benzene rings is 1. The van der Waals surface area contributed by atoms with Crippen molar-refractivity contribution in [1.29, 1.82) is 0 Å². The van der Waals surface area contributed by atoms with E-state index < -0.39 is 17.7 Å². The van der Waals surface area contributed by atoms with Crippen LogP contribution in [-0.2, 0) is 11.8 Å². The van der Waals surface area contributed by atoms with Gasteiger partial charge in [0.15, 0.2) is 0 Å². The SMILES string of the molecule is Cc1c(NC(=O)OC(C)(C)C)ccc2c1cc(C(=O)O)n2C. The third kappa shape index (κ3) is 3.05. The number of carboxylic acid groups (broad SMARTS) is 1. The Balaban J connectivity index is 2.39. The maximum absolute atomic E-state index is 11.9. The van der Waals surface area contributed by atoms with Crippen LogP contribution in [0.3, 0.4) is 0 Å². The Kier molecular flexibility index (Phi) is 3.87. The van der Waals surface area contributed by atoms with Gasteiger partial charge < -0.3 is 14.4 Å². The first-order valence-electron chi connectivity index (χ1n) is 6.92. The number of ether oxygens (including phenoxy) is 1. The number of carbonyl (C=O) groups is 2. The van der Waals surface area contributed by atoms with Gasteiger partial charge in [-0.15, -0.1) is 0 Å². The lowest BCUT2D eigenvalue weighted by molar-refractivity contribution is 0.0633. The van der Waals surface area contributed by atoms with E-state index in [0.717, 1.165) is 16.5 Å². The van der Waals surface area contributed by atoms with Crippen LogP contribution in [0.5, 0.6) is 0 Å². The Bertz CT molecular complexity index is 754.